The molecule has 0 unspecified atom stereocenters. The van der Waals surface area contributed by atoms with Crippen molar-refractivity contribution in [2.75, 3.05) is 40.3 Å². The maximum Gasteiger partial charge on any atom is 0.279 e. The lowest BCUT2D eigenvalue weighted by atomic mass is 9.93. The monoisotopic (exact) mass is 417 g/mol. The summed E-state index contributed by atoms with van der Waals surface area (Å²) in [6.45, 7) is 9.24. The topological polar surface area (TPSA) is 61.9 Å². The van der Waals surface area contributed by atoms with Gasteiger partial charge in [0.05, 0.1) is 6.10 Å². The van der Waals surface area contributed by atoms with E-state index in [1.54, 1.807) is 7.05 Å². The van der Waals surface area contributed by atoms with Crippen LogP contribution < -0.4 is 4.72 Å². The van der Waals surface area contributed by atoms with Crippen LogP contribution in [0, 0.1) is 0 Å². The summed E-state index contributed by atoms with van der Waals surface area (Å²) in [6.07, 6.45) is 12.5. The fraction of sp³-hybridized carbons (Fsp3) is 0.905. The molecule has 0 aromatic rings. The molecule has 0 amide bonds. The summed E-state index contributed by atoms with van der Waals surface area (Å²) in [7, 11) is 0.475. The van der Waals surface area contributed by atoms with E-state index in [-0.39, 0.29) is 6.04 Å². The Morgan fingerprint density at radius 3 is 2.39 bits per heavy atom. The minimum absolute atomic E-state index is 0.0894. The van der Waals surface area contributed by atoms with Gasteiger partial charge in [-0.15, -0.1) is 6.58 Å². The molecule has 0 aromatic carbocycles. The number of nitrogens with zero attached hydrogens (tertiary/aromatic N) is 2. The van der Waals surface area contributed by atoms with Gasteiger partial charge >= 0.3 is 0 Å². The molecule has 0 bridgehead atoms. The van der Waals surface area contributed by atoms with Gasteiger partial charge in [-0.05, 0) is 58.5 Å². The summed E-state index contributed by atoms with van der Waals surface area (Å²) in [5.41, 5.74) is 0. The minimum atomic E-state index is -3.36. The molecule has 0 radical (unpaired) electrons. The average Bonchev–Trinajstić information content (AvgIpc) is 2.67. The Balaban J connectivity index is 2.12. The molecule has 166 valence electrons. The zero-order valence-corrected chi connectivity index (χ0v) is 19.2. The normalized spacial score (nSPS) is 20.8. The second-order valence-electron chi connectivity index (χ2n) is 8.04. The van der Waals surface area contributed by atoms with Crippen LogP contribution in [0.15, 0.2) is 12.7 Å². The predicted molar refractivity (Wildman–Crippen MR) is 118 cm³/mol. The third-order valence-corrected chi connectivity index (χ3v) is 7.21. The van der Waals surface area contributed by atoms with Crippen molar-refractivity contribution in [2.45, 2.75) is 83.3 Å². The minimum Gasteiger partial charge on any atom is -0.378 e. The van der Waals surface area contributed by atoms with Gasteiger partial charge in [-0.3, -0.25) is 0 Å². The lowest BCUT2D eigenvalue weighted by Gasteiger charge is -2.34. The second-order valence-corrected chi connectivity index (χ2v) is 9.85. The molecular formula is C21H43N3O3S. The molecule has 0 spiro atoms. The molecule has 7 heteroatoms. The van der Waals surface area contributed by atoms with E-state index < -0.39 is 10.2 Å². The molecule has 6 nitrogen and oxygen atoms in total. The zero-order chi connectivity index (χ0) is 20.8. The molecule has 1 rings (SSSR count). The number of hydrogen-bond acceptors (Lipinski definition) is 4. The Morgan fingerprint density at radius 2 is 1.75 bits per heavy atom. The molecule has 0 saturated heterocycles. The molecule has 1 saturated carbocycles. The number of hydrogen-bond donors (Lipinski definition) is 1. The molecular weight excluding hydrogens is 374 g/mol. The number of nitrogens with one attached hydrogen (secondary N) is 1. The van der Waals surface area contributed by atoms with Crippen LogP contribution in [-0.2, 0) is 14.9 Å². The van der Waals surface area contributed by atoms with Crippen LogP contribution in [0.25, 0.3) is 0 Å². The van der Waals surface area contributed by atoms with Gasteiger partial charge in [-0.25, -0.2) is 4.72 Å². The van der Waals surface area contributed by atoms with Gasteiger partial charge in [0.1, 0.15) is 0 Å². The van der Waals surface area contributed by atoms with Crippen LogP contribution >= 0.6 is 0 Å². The largest absolute Gasteiger partial charge is 0.378 e. The number of likely N-dealkylation sites (N-methyl/N-ethyl adjacent to an activating group) is 1. The van der Waals surface area contributed by atoms with Crippen molar-refractivity contribution < 1.29 is 13.2 Å². The highest BCUT2D eigenvalue weighted by molar-refractivity contribution is 7.87. The molecule has 0 aliphatic heterocycles. The van der Waals surface area contributed by atoms with Crippen LogP contribution in [0.3, 0.4) is 0 Å². The van der Waals surface area contributed by atoms with Crippen molar-refractivity contribution in [1.82, 2.24) is 13.9 Å². The van der Waals surface area contributed by atoms with Crippen LogP contribution in [-0.4, -0.2) is 70.1 Å². The first-order valence-corrected chi connectivity index (χ1v) is 12.5. The Morgan fingerprint density at radius 1 is 1.07 bits per heavy atom. The first-order valence-electron chi connectivity index (χ1n) is 11.0. The smallest absolute Gasteiger partial charge is 0.279 e. The summed E-state index contributed by atoms with van der Waals surface area (Å²) >= 11 is 0. The first-order chi connectivity index (χ1) is 13.4. The highest BCUT2D eigenvalue weighted by atomic mass is 32.2. The van der Waals surface area contributed by atoms with E-state index in [2.05, 4.69) is 30.2 Å². The maximum atomic E-state index is 12.3. The molecule has 1 N–H and O–H groups in total. The maximum absolute atomic E-state index is 12.3. The predicted octanol–water partition coefficient (Wildman–Crippen LogP) is 3.56. The quantitative estimate of drug-likeness (QED) is 0.308. The van der Waals surface area contributed by atoms with Crippen molar-refractivity contribution >= 4 is 10.2 Å². The van der Waals surface area contributed by atoms with E-state index in [0.29, 0.717) is 12.6 Å². The average molecular weight is 418 g/mol. The van der Waals surface area contributed by atoms with Crippen LogP contribution in [0.2, 0.25) is 0 Å². The fourth-order valence-electron chi connectivity index (χ4n) is 3.65. The van der Waals surface area contributed by atoms with Gasteiger partial charge in [0.15, 0.2) is 0 Å². The molecule has 0 aromatic heterocycles. The highest BCUT2D eigenvalue weighted by Crippen LogP contribution is 2.26. The van der Waals surface area contributed by atoms with Crippen molar-refractivity contribution in [3.05, 3.63) is 12.7 Å². The van der Waals surface area contributed by atoms with Gasteiger partial charge in [-0.1, -0.05) is 32.3 Å². The first kappa shape index (κ1) is 25.6. The third-order valence-electron chi connectivity index (χ3n) is 5.58. The van der Waals surface area contributed by atoms with Crippen molar-refractivity contribution in [3.8, 4) is 0 Å². The number of unbranched alkanes of at least 4 members (excludes halogenated alkanes) is 4. The van der Waals surface area contributed by atoms with E-state index in [0.717, 1.165) is 64.6 Å². The molecule has 0 heterocycles. The molecule has 1 aliphatic rings. The number of ether oxygens (including phenoxy) is 1. The van der Waals surface area contributed by atoms with Gasteiger partial charge in [0.2, 0.25) is 0 Å². The Kier molecular flexibility index (Phi) is 13.2. The molecule has 0 atom stereocenters. The summed E-state index contributed by atoms with van der Waals surface area (Å²) in [6, 6.07) is 0.0894. The lowest BCUT2D eigenvalue weighted by molar-refractivity contribution is 0.0155. The van der Waals surface area contributed by atoms with Crippen molar-refractivity contribution in [3.63, 3.8) is 0 Å². The van der Waals surface area contributed by atoms with E-state index >= 15 is 0 Å². The highest BCUT2D eigenvalue weighted by Gasteiger charge is 2.30. The SMILES string of the molecule is C=CCN(C)CCCCCCO[C@H]1CC[C@H](N(C)S(=O)(=O)NCCCC)CC1. The molecule has 28 heavy (non-hydrogen) atoms. The molecule has 1 fully saturated rings. The standard InChI is InChI=1S/C21H43N3O3S/c1-5-7-16-22-28(25,26)24(4)20-12-14-21(15-13-20)27-19-11-9-8-10-18-23(3)17-6-2/h6,20-22H,2,5,7-19H2,1,3-4H3/t20-,21-. The summed E-state index contributed by atoms with van der Waals surface area (Å²) in [5, 5.41) is 0. The van der Waals surface area contributed by atoms with Gasteiger partial charge in [0.25, 0.3) is 10.2 Å². The third kappa shape index (κ3) is 10.3. The Bertz CT molecular complexity index is 505. The van der Waals surface area contributed by atoms with Gasteiger partial charge < -0.3 is 9.64 Å². The lowest BCUT2D eigenvalue weighted by Crippen LogP contribution is -2.46. The van der Waals surface area contributed by atoms with Crippen molar-refractivity contribution in [1.29, 1.82) is 0 Å². The van der Waals surface area contributed by atoms with Crippen molar-refractivity contribution in [2.24, 2.45) is 0 Å². The van der Waals surface area contributed by atoms with E-state index in [4.69, 9.17) is 4.74 Å². The summed E-state index contributed by atoms with van der Waals surface area (Å²) in [5.74, 6) is 0. The second kappa shape index (κ2) is 14.5. The summed E-state index contributed by atoms with van der Waals surface area (Å²) in [4.78, 5) is 2.29. The van der Waals surface area contributed by atoms with Gasteiger partial charge in [-0.2, -0.15) is 12.7 Å². The Labute approximate surface area is 173 Å². The molecule has 1 aliphatic carbocycles. The van der Waals surface area contributed by atoms with E-state index in [1.165, 1.54) is 23.6 Å². The van der Waals surface area contributed by atoms with Gasteiger partial charge in [0, 0.05) is 32.8 Å². The Hall–Kier alpha value is -0.470. The van der Waals surface area contributed by atoms with Crippen LogP contribution in [0.5, 0.6) is 0 Å². The van der Waals surface area contributed by atoms with E-state index in [1.807, 2.05) is 6.08 Å². The van der Waals surface area contributed by atoms with Crippen LogP contribution in [0.4, 0.5) is 0 Å². The van der Waals surface area contributed by atoms with E-state index in [9.17, 15) is 8.42 Å². The van der Waals surface area contributed by atoms with Crippen LogP contribution in [0.1, 0.15) is 71.1 Å². The fourth-order valence-corrected chi connectivity index (χ4v) is 4.86. The number of rotatable bonds is 16. The zero-order valence-electron chi connectivity index (χ0n) is 18.4. The summed E-state index contributed by atoms with van der Waals surface area (Å²) < 4.78 is 34.9.